The van der Waals surface area contributed by atoms with Crippen LogP contribution in [0, 0.1) is 0 Å². The number of rotatable bonds is 1. The third kappa shape index (κ3) is 2.45. The van der Waals surface area contributed by atoms with E-state index in [1.165, 1.54) is 19.3 Å². The summed E-state index contributed by atoms with van der Waals surface area (Å²) in [5, 5.41) is 10.8. The molecular formula is C16H25N3O2. The van der Waals surface area contributed by atoms with E-state index in [4.69, 9.17) is 16.2 Å². The van der Waals surface area contributed by atoms with Gasteiger partial charge in [0, 0.05) is 11.6 Å². The SMILES string of the molecule is CC1(C)Oc2cc(N)c(N)cc2[C@@H](N2CCCCC2)[C@@H]1O. The van der Waals surface area contributed by atoms with Gasteiger partial charge in [0.15, 0.2) is 0 Å². The van der Waals surface area contributed by atoms with Crippen LogP contribution in [-0.4, -0.2) is 34.8 Å². The molecule has 0 bridgehead atoms. The highest BCUT2D eigenvalue weighted by Crippen LogP contribution is 2.45. The minimum Gasteiger partial charge on any atom is -0.485 e. The summed E-state index contributed by atoms with van der Waals surface area (Å²) in [5.74, 6) is 0.743. The lowest BCUT2D eigenvalue weighted by Gasteiger charge is -2.47. The van der Waals surface area contributed by atoms with Gasteiger partial charge in [-0.15, -0.1) is 0 Å². The zero-order valence-corrected chi connectivity index (χ0v) is 12.8. The average Bonchev–Trinajstić information content (AvgIpc) is 2.44. The number of anilines is 2. The Morgan fingerprint density at radius 2 is 1.76 bits per heavy atom. The van der Waals surface area contributed by atoms with Crippen molar-refractivity contribution in [2.75, 3.05) is 24.6 Å². The molecular weight excluding hydrogens is 266 g/mol. The molecule has 2 aliphatic rings. The molecule has 2 heterocycles. The number of benzene rings is 1. The van der Waals surface area contributed by atoms with Crippen LogP contribution < -0.4 is 16.2 Å². The molecule has 0 radical (unpaired) electrons. The van der Waals surface area contributed by atoms with E-state index in [0.717, 1.165) is 24.4 Å². The predicted molar refractivity (Wildman–Crippen MR) is 84.1 cm³/mol. The molecule has 1 saturated heterocycles. The molecule has 2 aliphatic heterocycles. The Labute approximate surface area is 125 Å². The number of hydrogen-bond donors (Lipinski definition) is 3. The van der Waals surface area contributed by atoms with Gasteiger partial charge < -0.3 is 21.3 Å². The number of nitrogen functional groups attached to an aromatic ring is 2. The maximum atomic E-state index is 10.8. The number of nitrogens with zero attached hydrogens (tertiary/aromatic N) is 1. The number of likely N-dealkylation sites (tertiary alicyclic amines) is 1. The molecule has 2 atom stereocenters. The maximum Gasteiger partial charge on any atom is 0.131 e. The molecule has 116 valence electrons. The summed E-state index contributed by atoms with van der Waals surface area (Å²) >= 11 is 0. The lowest BCUT2D eigenvalue weighted by Crippen LogP contribution is -2.54. The van der Waals surface area contributed by atoms with Gasteiger partial charge in [-0.2, -0.15) is 0 Å². The van der Waals surface area contributed by atoms with Crippen molar-refractivity contribution in [3.63, 3.8) is 0 Å². The molecule has 1 aromatic carbocycles. The monoisotopic (exact) mass is 291 g/mol. The van der Waals surface area contributed by atoms with Gasteiger partial charge in [0.2, 0.25) is 0 Å². The molecule has 5 N–H and O–H groups in total. The van der Waals surface area contributed by atoms with Gasteiger partial charge >= 0.3 is 0 Å². The van der Waals surface area contributed by atoms with Crippen LogP contribution in [0.15, 0.2) is 12.1 Å². The van der Waals surface area contributed by atoms with Crippen molar-refractivity contribution in [3.8, 4) is 5.75 Å². The standard InChI is InChI=1S/C16H25N3O2/c1-16(2)15(20)14(19-6-4-3-5-7-19)10-8-11(17)12(18)9-13(10)21-16/h8-9,14-15,20H,3-7,17-18H2,1-2H3/t14-,15+/m1/s1. The minimum absolute atomic E-state index is 0.0769. The summed E-state index contributed by atoms with van der Waals surface area (Å²) in [6.07, 6.45) is 3.01. The van der Waals surface area contributed by atoms with Crippen LogP contribution in [0.1, 0.15) is 44.7 Å². The predicted octanol–water partition coefficient (Wildman–Crippen LogP) is 1.91. The first-order chi connectivity index (χ1) is 9.90. The number of ether oxygens (including phenoxy) is 1. The van der Waals surface area contributed by atoms with E-state index in [1.807, 2.05) is 19.9 Å². The van der Waals surface area contributed by atoms with E-state index in [1.54, 1.807) is 6.07 Å². The van der Waals surface area contributed by atoms with Crippen LogP contribution in [0.3, 0.4) is 0 Å². The minimum atomic E-state index is -0.641. The number of nitrogens with two attached hydrogens (primary N) is 2. The smallest absolute Gasteiger partial charge is 0.131 e. The fraction of sp³-hybridized carbons (Fsp3) is 0.625. The highest BCUT2D eigenvalue weighted by molar-refractivity contribution is 5.68. The molecule has 0 amide bonds. The molecule has 1 fully saturated rings. The fourth-order valence-corrected chi connectivity index (χ4v) is 3.44. The fourth-order valence-electron chi connectivity index (χ4n) is 3.44. The summed E-state index contributed by atoms with van der Waals surface area (Å²) in [5.41, 5.74) is 13.3. The third-order valence-electron chi connectivity index (χ3n) is 4.70. The van der Waals surface area contributed by atoms with E-state index in [2.05, 4.69) is 4.90 Å². The Morgan fingerprint density at radius 1 is 1.14 bits per heavy atom. The van der Waals surface area contributed by atoms with E-state index in [0.29, 0.717) is 11.4 Å². The van der Waals surface area contributed by atoms with Crippen molar-refractivity contribution in [2.24, 2.45) is 0 Å². The van der Waals surface area contributed by atoms with E-state index >= 15 is 0 Å². The molecule has 0 spiro atoms. The van der Waals surface area contributed by atoms with E-state index in [9.17, 15) is 5.11 Å². The summed E-state index contributed by atoms with van der Waals surface area (Å²) in [6, 6.07) is 3.57. The Bertz CT molecular complexity index is 539. The number of fused-ring (bicyclic) bond motifs is 1. The van der Waals surface area contributed by atoms with E-state index in [-0.39, 0.29) is 6.04 Å². The van der Waals surface area contributed by atoms with Crippen molar-refractivity contribution >= 4 is 11.4 Å². The van der Waals surface area contributed by atoms with Gasteiger partial charge in [0.1, 0.15) is 17.5 Å². The molecule has 0 saturated carbocycles. The third-order valence-corrected chi connectivity index (χ3v) is 4.70. The van der Waals surface area contributed by atoms with Crippen LogP contribution >= 0.6 is 0 Å². The molecule has 1 aromatic rings. The van der Waals surface area contributed by atoms with E-state index < -0.39 is 11.7 Å². The van der Waals surface area contributed by atoms with Gasteiger partial charge in [-0.1, -0.05) is 6.42 Å². The second-order valence-electron chi connectivity index (χ2n) is 6.71. The summed E-state index contributed by atoms with van der Waals surface area (Å²) in [6.45, 7) is 5.84. The van der Waals surface area contributed by atoms with Crippen molar-refractivity contribution < 1.29 is 9.84 Å². The van der Waals surface area contributed by atoms with Crippen LogP contribution in [0.2, 0.25) is 0 Å². The van der Waals surface area contributed by atoms with Crippen LogP contribution in [0.25, 0.3) is 0 Å². The van der Waals surface area contributed by atoms with Crippen molar-refractivity contribution in [1.82, 2.24) is 4.90 Å². The van der Waals surface area contributed by atoms with Crippen molar-refractivity contribution in [3.05, 3.63) is 17.7 Å². The highest BCUT2D eigenvalue weighted by atomic mass is 16.5. The molecule has 0 aliphatic carbocycles. The average molecular weight is 291 g/mol. The lowest BCUT2D eigenvalue weighted by atomic mass is 9.84. The van der Waals surface area contributed by atoms with Gasteiger partial charge in [-0.3, -0.25) is 4.90 Å². The van der Waals surface area contributed by atoms with Gasteiger partial charge in [0.05, 0.1) is 17.4 Å². The molecule has 5 nitrogen and oxygen atoms in total. The quantitative estimate of drug-likeness (QED) is 0.688. The molecule has 0 unspecified atom stereocenters. The second-order valence-corrected chi connectivity index (χ2v) is 6.71. The number of piperidine rings is 1. The van der Waals surface area contributed by atoms with Crippen molar-refractivity contribution in [1.29, 1.82) is 0 Å². The number of hydrogen-bond acceptors (Lipinski definition) is 5. The summed E-state index contributed by atoms with van der Waals surface area (Å²) in [4.78, 5) is 2.35. The first-order valence-corrected chi connectivity index (χ1v) is 7.70. The normalized spacial score (nSPS) is 28.7. The Morgan fingerprint density at radius 3 is 2.43 bits per heavy atom. The Balaban J connectivity index is 2.06. The Kier molecular flexibility index (Phi) is 3.50. The summed E-state index contributed by atoms with van der Waals surface area (Å²) < 4.78 is 5.98. The largest absolute Gasteiger partial charge is 0.485 e. The highest BCUT2D eigenvalue weighted by Gasteiger charge is 2.45. The first kappa shape index (κ1) is 14.5. The molecule has 3 rings (SSSR count). The lowest BCUT2D eigenvalue weighted by molar-refractivity contribution is -0.0960. The maximum absolute atomic E-state index is 10.8. The topological polar surface area (TPSA) is 84.7 Å². The number of aliphatic hydroxyl groups is 1. The first-order valence-electron chi connectivity index (χ1n) is 7.70. The number of aliphatic hydroxyl groups excluding tert-OH is 1. The summed E-state index contributed by atoms with van der Waals surface area (Å²) in [7, 11) is 0. The molecule has 21 heavy (non-hydrogen) atoms. The zero-order chi connectivity index (χ0) is 15.2. The zero-order valence-electron chi connectivity index (χ0n) is 12.8. The van der Waals surface area contributed by atoms with Gasteiger partial charge in [-0.05, 0) is 45.8 Å². The van der Waals surface area contributed by atoms with Gasteiger partial charge in [0.25, 0.3) is 0 Å². The van der Waals surface area contributed by atoms with Crippen LogP contribution in [-0.2, 0) is 0 Å². The molecule has 0 aromatic heterocycles. The Hall–Kier alpha value is -1.46. The van der Waals surface area contributed by atoms with Gasteiger partial charge in [-0.25, -0.2) is 0 Å². The van der Waals surface area contributed by atoms with Crippen molar-refractivity contribution in [2.45, 2.75) is 50.9 Å². The van der Waals surface area contributed by atoms with Crippen LogP contribution in [0.4, 0.5) is 11.4 Å². The molecule has 5 heteroatoms. The second kappa shape index (κ2) is 5.07. The van der Waals surface area contributed by atoms with Crippen LogP contribution in [0.5, 0.6) is 5.75 Å².